The van der Waals surface area contributed by atoms with Gasteiger partial charge in [0, 0.05) is 6.42 Å². The quantitative estimate of drug-likeness (QED) is 0.0245. The number of phosphoric ester groups is 1. The molecule has 0 rings (SSSR count). The van der Waals surface area contributed by atoms with Crippen molar-refractivity contribution < 1.29 is 32.9 Å². The molecule has 0 fully saturated rings. The summed E-state index contributed by atoms with van der Waals surface area (Å²) in [6, 6.07) is -0.874. The highest BCUT2D eigenvalue weighted by atomic mass is 31.2. The summed E-state index contributed by atoms with van der Waals surface area (Å²) in [5, 5.41) is 13.8. The molecular formula is C48H92N2O6P+. The Balaban J connectivity index is 4.34. The van der Waals surface area contributed by atoms with Gasteiger partial charge in [-0.05, 0) is 64.2 Å². The molecule has 0 aromatic carbocycles. The zero-order valence-electron chi connectivity index (χ0n) is 37.8. The molecule has 0 radical (unpaired) electrons. The average Bonchev–Trinajstić information content (AvgIpc) is 3.16. The van der Waals surface area contributed by atoms with E-state index < -0.39 is 20.0 Å². The van der Waals surface area contributed by atoms with Gasteiger partial charge in [0.05, 0.1) is 39.9 Å². The highest BCUT2D eigenvalue weighted by Crippen LogP contribution is 2.43. The first kappa shape index (κ1) is 55.5. The lowest BCUT2D eigenvalue weighted by molar-refractivity contribution is -0.870. The molecule has 9 heteroatoms. The van der Waals surface area contributed by atoms with Crippen LogP contribution in [0.3, 0.4) is 0 Å². The zero-order chi connectivity index (χ0) is 42.1. The molecule has 0 bridgehead atoms. The Morgan fingerprint density at radius 2 is 0.982 bits per heavy atom. The first-order valence-electron chi connectivity index (χ1n) is 23.5. The maximum Gasteiger partial charge on any atom is 0.472 e. The number of nitrogens with zero attached hydrogens (tertiary/aromatic N) is 1. The first-order chi connectivity index (χ1) is 27.5. The molecule has 0 aliphatic carbocycles. The third-order valence-corrected chi connectivity index (χ3v) is 11.2. The van der Waals surface area contributed by atoms with Crippen molar-refractivity contribution in [3.8, 4) is 0 Å². The van der Waals surface area contributed by atoms with Gasteiger partial charge in [0.25, 0.3) is 0 Å². The van der Waals surface area contributed by atoms with Crippen molar-refractivity contribution in [2.75, 3.05) is 40.9 Å². The van der Waals surface area contributed by atoms with Crippen molar-refractivity contribution in [3.05, 3.63) is 48.6 Å². The van der Waals surface area contributed by atoms with Crippen LogP contribution >= 0.6 is 7.82 Å². The van der Waals surface area contributed by atoms with Gasteiger partial charge < -0.3 is 19.8 Å². The molecule has 0 aromatic rings. The number of phosphoric acid groups is 1. The van der Waals surface area contributed by atoms with Crippen molar-refractivity contribution in [1.82, 2.24) is 5.32 Å². The number of aliphatic hydroxyl groups excluding tert-OH is 1. The van der Waals surface area contributed by atoms with Gasteiger partial charge in [-0.25, -0.2) is 4.57 Å². The van der Waals surface area contributed by atoms with Gasteiger partial charge in [0.15, 0.2) is 0 Å². The van der Waals surface area contributed by atoms with E-state index in [1.165, 1.54) is 116 Å². The number of unbranched alkanes of at least 4 members (excludes halogenated alkanes) is 23. The second-order valence-corrected chi connectivity index (χ2v) is 18.6. The standard InChI is InChI=1S/C48H91N2O6P/c1-6-8-10-12-14-16-18-19-20-21-22-23-24-25-26-27-28-29-30-31-32-33-35-37-39-41-47(51)46(45-56-57(53,54)55-44-43-50(3,4)5)49-48(52)42-40-38-36-34-17-15-13-11-9-7-2/h13,15,28-29,32-33,39,41,46-47,51H,6-12,14,16-27,30-31,34-38,40,42-45H2,1-5H3,(H-,49,52,53,54)/p+1/b15-13-,29-28+,33-32+,41-39+. The van der Waals surface area contributed by atoms with E-state index in [-0.39, 0.29) is 19.1 Å². The maximum absolute atomic E-state index is 12.8. The third-order valence-electron chi connectivity index (χ3n) is 10.2. The first-order valence-corrected chi connectivity index (χ1v) is 25.0. The van der Waals surface area contributed by atoms with Crippen LogP contribution in [-0.2, 0) is 18.4 Å². The Kier molecular flexibility index (Phi) is 38.8. The molecule has 0 heterocycles. The average molecular weight is 824 g/mol. The Labute approximate surface area is 352 Å². The monoisotopic (exact) mass is 824 g/mol. The number of hydrogen-bond acceptors (Lipinski definition) is 5. The van der Waals surface area contributed by atoms with E-state index in [4.69, 9.17) is 9.05 Å². The number of hydrogen-bond donors (Lipinski definition) is 3. The smallest absolute Gasteiger partial charge is 0.387 e. The molecule has 0 aromatic heterocycles. The predicted molar refractivity (Wildman–Crippen MR) is 244 cm³/mol. The molecule has 3 N–H and O–H groups in total. The lowest BCUT2D eigenvalue weighted by Gasteiger charge is -2.25. The summed E-state index contributed by atoms with van der Waals surface area (Å²) in [5.41, 5.74) is 0. The lowest BCUT2D eigenvalue weighted by Crippen LogP contribution is -2.45. The number of nitrogens with one attached hydrogen (secondary N) is 1. The number of likely N-dealkylation sites (N-methyl/N-ethyl adjacent to an activating group) is 1. The minimum atomic E-state index is -4.35. The number of aliphatic hydroxyl groups is 1. The Morgan fingerprint density at radius 1 is 0.579 bits per heavy atom. The molecule has 0 aliphatic rings. The molecule has 0 saturated heterocycles. The number of quaternary nitrogens is 1. The SMILES string of the molecule is CCCC/C=C\CCCCCCC(=O)NC(COP(=O)(O)OCC[N+](C)(C)C)C(O)/C=C/CC/C=C/CC/C=C/CCCCCCCCCCCCCCCCC. The fraction of sp³-hybridized carbons (Fsp3) is 0.812. The molecule has 1 amide bonds. The second-order valence-electron chi connectivity index (χ2n) is 17.1. The molecule has 0 aliphatic heterocycles. The Hall–Kier alpha value is -1.54. The fourth-order valence-electron chi connectivity index (χ4n) is 6.46. The minimum absolute atomic E-state index is 0.0503. The van der Waals surface area contributed by atoms with Gasteiger partial charge in [-0.1, -0.05) is 178 Å². The van der Waals surface area contributed by atoms with Gasteiger partial charge >= 0.3 is 7.82 Å². The summed E-state index contributed by atoms with van der Waals surface area (Å²) in [5.74, 6) is -0.207. The van der Waals surface area contributed by atoms with E-state index in [0.717, 1.165) is 64.2 Å². The third kappa shape index (κ3) is 42.4. The summed E-state index contributed by atoms with van der Waals surface area (Å²) < 4.78 is 23.5. The van der Waals surface area contributed by atoms with Crippen LogP contribution in [0.1, 0.15) is 200 Å². The van der Waals surface area contributed by atoms with Crippen molar-refractivity contribution in [2.24, 2.45) is 0 Å². The summed E-state index contributed by atoms with van der Waals surface area (Å²) >= 11 is 0. The van der Waals surface area contributed by atoms with Crippen LogP contribution in [0.2, 0.25) is 0 Å². The number of carbonyl (C=O) groups is 1. The van der Waals surface area contributed by atoms with Crippen LogP contribution in [0.15, 0.2) is 48.6 Å². The van der Waals surface area contributed by atoms with Gasteiger partial charge in [-0.3, -0.25) is 13.8 Å². The van der Waals surface area contributed by atoms with Crippen LogP contribution < -0.4 is 5.32 Å². The molecule has 0 saturated carbocycles. The fourth-order valence-corrected chi connectivity index (χ4v) is 7.20. The maximum atomic E-state index is 12.8. The van der Waals surface area contributed by atoms with Gasteiger partial charge in [0.1, 0.15) is 13.2 Å². The van der Waals surface area contributed by atoms with Crippen LogP contribution in [0.25, 0.3) is 0 Å². The van der Waals surface area contributed by atoms with Crippen molar-refractivity contribution in [2.45, 2.75) is 212 Å². The number of rotatable bonds is 42. The molecule has 0 spiro atoms. The van der Waals surface area contributed by atoms with Gasteiger partial charge in [-0.2, -0.15) is 0 Å². The van der Waals surface area contributed by atoms with Crippen LogP contribution in [0.4, 0.5) is 0 Å². The summed E-state index contributed by atoms with van der Waals surface area (Å²) in [6.45, 7) is 4.72. The molecule has 8 nitrogen and oxygen atoms in total. The summed E-state index contributed by atoms with van der Waals surface area (Å²) in [7, 11) is 1.53. The van der Waals surface area contributed by atoms with E-state index in [1.807, 2.05) is 27.2 Å². The van der Waals surface area contributed by atoms with Crippen LogP contribution in [-0.4, -0.2) is 73.4 Å². The largest absolute Gasteiger partial charge is 0.472 e. The molecule has 57 heavy (non-hydrogen) atoms. The van der Waals surface area contributed by atoms with E-state index in [0.29, 0.717) is 17.4 Å². The highest BCUT2D eigenvalue weighted by molar-refractivity contribution is 7.47. The highest BCUT2D eigenvalue weighted by Gasteiger charge is 2.27. The molecule has 334 valence electrons. The predicted octanol–water partition coefficient (Wildman–Crippen LogP) is 13.2. The van der Waals surface area contributed by atoms with Crippen molar-refractivity contribution in [1.29, 1.82) is 0 Å². The second kappa shape index (κ2) is 39.9. The van der Waals surface area contributed by atoms with Crippen LogP contribution in [0.5, 0.6) is 0 Å². The van der Waals surface area contributed by atoms with E-state index in [2.05, 4.69) is 55.6 Å². The topological polar surface area (TPSA) is 105 Å². The summed E-state index contributed by atoms with van der Waals surface area (Å²) in [6.07, 6.45) is 50.7. The minimum Gasteiger partial charge on any atom is -0.387 e. The Morgan fingerprint density at radius 3 is 1.46 bits per heavy atom. The number of amides is 1. The molecule has 3 unspecified atom stereocenters. The lowest BCUT2D eigenvalue weighted by atomic mass is 10.0. The normalized spacial score (nSPS) is 14.7. The van der Waals surface area contributed by atoms with Crippen molar-refractivity contribution >= 4 is 13.7 Å². The van der Waals surface area contributed by atoms with Gasteiger partial charge in [-0.15, -0.1) is 0 Å². The molecule has 3 atom stereocenters. The van der Waals surface area contributed by atoms with E-state index in [9.17, 15) is 19.4 Å². The van der Waals surface area contributed by atoms with E-state index in [1.54, 1.807) is 6.08 Å². The van der Waals surface area contributed by atoms with Crippen LogP contribution in [0, 0.1) is 0 Å². The Bertz CT molecular complexity index is 1070. The van der Waals surface area contributed by atoms with E-state index >= 15 is 0 Å². The van der Waals surface area contributed by atoms with Crippen molar-refractivity contribution in [3.63, 3.8) is 0 Å². The molecular weight excluding hydrogens is 732 g/mol. The van der Waals surface area contributed by atoms with Gasteiger partial charge in [0.2, 0.25) is 5.91 Å². The summed E-state index contributed by atoms with van der Waals surface area (Å²) in [4.78, 5) is 23.0. The number of carbonyl (C=O) groups excluding carboxylic acids is 1. The number of allylic oxidation sites excluding steroid dienone is 7. The zero-order valence-corrected chi connectivity index (χ0v) is 38.7.